The number of rotatable bonds is 2. The summed E-state index contributed by atoms with van der Waals surface area (Å²) in [5.74, 6) is 0.0563. The zero-order valence-electron chi connectivity index (χ0n) is 9.76. The second kappa shape index (κ2) is 4.46. The fourth-order valence-corrected chi connectivity index (χ4v) is 2.12. The molecule has 0 unspecified atom stereocenters. The van der Waals surface area contributed by atoms with Crippen LogP contribution in [0.4, 0.5) is 0 Å². The maximum Gasteiger partial charge on any atom is 0.193 e. The predicted molar refractivity (Wildman–Crippen MR) is 72.7 cm³/mol. The maximum atomic E-state index is 12.4. The lowest BCUT2D eigenvalue weighted by atomic mass is 9.97. The molecule has 0 spiro atoms. The summed E-state index contributed by atoms with van der Waals surface area (Å²) in [6, 6.07) is 23.8. The van der Waals surface area contributed by atoms with Crippen LogP contribution in [0, 0.1) is 6.07 Å². The lowest BCUT2D eigenvalue weighted by Crippen LogP contribution is -2.01. The van der Waals surface area contributed by atoms with Crippen molar-refractivity contribution in [3.63, 3.8) is 0 Å². The minimum absolute atomic E-state index is 0.0563. The van der Waals surface area contributed by atoms with Gasteiger partial charge in [-0.2, -0.15) is 0 Å². The minimum atomic E-state index is 0.0563. The van der Waals surface area contributed by atoms with Gasteiger partial charge in [-0.25, -0.2) is 0 Å². The van der Waals surface area contributed by atoms with Crippen LogP contribution in [0.25, 0.3) is 10.8 Å². The highest BCUT2D eigenvalue weighted by Crippen LogP contribution is 2.21. The van der Waals surface area contributed by atoms with Crippen molar-refractivity contribution < 1.29 is 4.79 Å². The van der Waals surface area contributed by atoms with Crippen LogP contribution < -0.4 is 0 Å². The van der Waals surface area contributed by atoms with E-state index in [9.17, 15) is 4.79 Å². The number of ketones is 1. The van der Waals surface area contributed by atoms with Gasteiger partial charge in [0, 0.05) is 11.1 Å². The Morgan fingerprint density at radius 3 is 2.39 bits per heavy atom. The standard InChI is InChI=1S/C17H11O/c18-17(14-8-2-1-3-9-14)16-12-6-10-13-7-4-5-11-15(13)16/h2-12H. The van der Waals surface area contributed by atoms with Crippen molar-refractivity contribution in [3.05, 3.63) is 83.9 Å². The fraction of sp³-hybridized carbons (Fsp3) is 0. The van der Waals surface area contributed by atoms with Crippen LogP contribution in [0.15, 0.2) is 66.7 Å². The minimum Gasteiger partial charge on any atom is -0.289 e. The topological polar surface area (TPSA) is 17.1 Å². The van der Waals surface area contributed by atoms with Gasteiger partial charge in [-0.05, 0) is 16.8 Å². The number of benzene rings is 3. The molecule has 85 valence electrons. The zero-order chi connectivity index (χ0) is 12.4. The van der Waals surface area contributed by atoms with E-state index in [1.807, 2.05) is 42.5 Å². The molecular weight excluding hydrogens is 220 g/mol. The van der Waals surface area contributed by atoms with Gasteiger partial charge in [0.15, 0.2) is 5.78 Å². The van der Waals surface area contributed by atoms with Gasteiger partial charge < -0.3 is 0 Å². The molecule has 1 heteroatoms. The molecule has 0 aliphatic carbocycles. The first kappa shape index (κ1) is 10.7. The van der Waals surface area contributed by atoms with Crippen molar-refractivity contribution in [2.75, 3.05) is 0 Å². The van der Waals surface area contributed by atoms with Gasteiger partial charge in [0.2, 0.25) is 0 Å². The van der Waals surface area contributed by atoms with E-state index in [-0.39, 0.29) is 5.78 Å². The van der Waals surface area contributed by atoms with Crippen LogP contribution in [0.5, 0.6) is 0 Å². The molecule has 18 heavy (non-hydrogen) atoms. The molecule has 1 radical (unpaired) electrons. The summed E-state index contributed by atoms with van der Waals surface area (Å²) in [6.45, 7) is 0. The Hall–Kier alpha value is -2.41. The molecule has 3 rings (SSSR count). The SMILES string of the molecule is O=C(c1cc[c]cc1)c1cccc2ccccc12. The quantitative estimate of drug-likeness (QED) is 0.612. The summed E-state index contributed by atoms with van der Waals surface area (Å²) >= 11 is 0. The van der Waals surface area contributed by atoms with Crippen LogP contribution in [0.2, 0.25) is 0 Å². The Labute approximate surface area is 106 Å². The van der Waals surface area contributed by atoms with E-state index in [1.54, 1.807) is 24.3 Å². The highest BCUT2D eigenvalue weighted by Gasteiger charge is 2.11. The first-order chi connectivity index (χ1) is 8.86. The fourth-order valence-electron chi connectivity index (χ4n) is 2.12. The Morgan fingerprint density at radius 1 is 0.833 bits per heavy atom. The molecule has 1 nitrogen and oxygen atoms in total. The lowest BCUT2D eigenvalue weighted by Gasteiger charge is -2.05. The molecule has 3 aromatic rings. The lowest BCUT2D eigenvalue weighted by molar-refractivity contribution is 0.104. The van der Waals surface area contributed by atoms with Gasteiger partial charge in [-0.1, -0.05) is 66.7 Å². The number of carbonyl (C=O) groups is 1. The molecule has 0 aliphatic heterocycles. The molecule has 0 saturated carbocycles. The van der Waals surface area contributed by atoms with Gasteiger partial charge in [-0.15, -0.1) is 0 Å². The molecular formula is C17H11O. The summed E-state index contributed by atoms with van der Waals surface area (Å²) in [6.07, 6.45) is 0. The predicted octanol–water partition coefficient (Wildman–Crippen LogP) is 3.87. The molecule has 0 aliphatic rings. The van der Waals surface area contributed by atoms with Crippen molar-refractivity contribution >= 4 is 16.6 Å². The van der Waals surface area contributed by atoms with E-state index in [0.29, 0.717) is 5.56 Å². The number of fused-ring (bicyclic) bond motifs is 1. The third kappa shape index (κ3) is 1.80. The Morgan fingerprint density at radius 2 is 1.56 bits per heavy atom. The second-order valence-electron chi connectivity index (χ2n) is 4.14. The highest BCUT2D eigenvalue weighted by molar-refractivity contribution is 6.16. The molecule has 3 aromatic carbocycles. The van der Waals surface area contributed by atoms with Crippen LogP contribution in [0.1, 0.15) is 15.9 Å². The monoisotopic (exact) mass is 231 g/mol. The maximum absolute atomic E-state index is 12.4. The molecule has 0 aromatic heterocycles. The van der Waals surface area contributed by atoms with Crippen molar-refractivity contribution in [2.24, 2.45) is 0 Å². The molecule has 0 N–H and O–H groups in total. The molecule has 0 amide bonds. The van der Waals surface area contributed by atoms with Gasteiger partial charge in [0.25, 0.3) is 0 Å². The number of hydrogen-bond donors (Lipinski definition) is 0. The molecule has 0 heterocycles. The van der Waals surface area contributed by atoms with Crippen molar-refractivity contribution in [1.29, 1.82) is 0 Å². The summed E-state index contributed by atoms with van der Waals surface area (Å²) in [4.78, 5) is 12.4. The molecule has 0 fully saturated rings. The average molecular weight is 231 g/mol. The van der Waals surface area contributed by atoms with Crippen molar-refractivity contribution in [2.45, 2.75) is 0 Å². The first-order valence-electron chi connectivity index (χ1n) is 5.85. The van der Waals surface area contributed by atoms with Gasteiger partial charge in [0.05, 0.1) is 0 Å². The summed E-state index contributed by atoms with van der Waals surface area (Å²) < 4.78 is 0. The van der Waals surface area contributed by atoms with Crippen molar-refractivity contribution in [3.8, 4) is 0 Å². The van der Waals surface area contributed by atoms with Gasteiger partial charge >= 0.3 is 0 Å². The normalized spacial score (nSPS) is 10.4. The zero-order valence-corrected chi connectivity index (χ0v) is 9.76. The summed E-state index contributed by atoms with van der Waals surface area (Å²) in [5, 5.41) is 2.09. The van der Waals surface area contributed by atoms with E-state index < -0.39 is 0 Å². The van der Waals surface area contributed by atoms with Crippen LogP contribution in [-0.4, -0.2) is 5.78 Å². The van der Waals surface area contributed by atoms with E-state index >= 15 is 0 Å². The summed E-state index contributed by atoms with van der Waals surface area (Å²) in [5.41, 5.74) is 1.45. The van der Waals surface area contributed by atoms with E-state index in [1.165, 1.54) is 0 Å². The number of carbonyl (C=O) groups excluding carboxylic acids is 1. The Bertz CT molecular complexity index is 694. The molecule has 0 atom stereocenters. The van der Waals surface area contributed by atoms with Gasteiger partial charge in [-0.3, -0.25) is 4.79 Å². The number of hydrogen-bond acceptors (Lipinski definition) is 1. The Kier molecular flexibility index (Phi) is 2.66. The third-order valence-electron chi connectivity index (χ3n) is 3.01. The van der Waals surface area contributed by atoms with Crippen LogP contribution >= 0.6 is 0 Å². The first-order valence-corrected chi connectivity index (χ1v) is 5.85. The van der Waals surface area contributed by atoms with E-state index in [2.05, 4.69) is 6.07 Å². The molecule has 0 saturated heterocycles. The third-order valence-corrected chi connectivity index (χ3v) is 3.01. The van der Waals surface area contributed by atoms with Crippen molar-refractivity contribution in [1.82, 2.24) is 0 Å². The van der Waals surface area contributed by atoms with Crippen LogP contribution in [-0.2, 0) is 0 Å². The molecule has 0 bridgehead atoms. The van der Waals surface area contributed by atoms with E-state index in [4.69, 9.17) is 0 Å². The van der Waals surface area contributed by atoms with E-state index in [0.717, 1.165) is 16.3 Å². The average Bonchev–Trinajstić information content (AvgIpc) is 2.47. The smallest absolute Gasteiger partial charge is 0.193 e. The highest BCUT2D eigenvalue weighted by atomic mass is 16.1. The second-order valence-corrected chi connectivity index (χ2v) is 4.14. The van der Waals surface area contributed by atoms with Crippen LogP contribution in [0.3, 0.4) is 0 Å². The largest absolute Gasteiger partial charge is 0.289 e. The Balaban J connectivity index is 2.18. The summed E-state index contributed by atoms with van der Waals surface area (Å²) in [7, 11) is 0. The van der Waals surface area contributed by atoms with Gasteiger partial charge in [0.1, 0.15) is 0 Å².